The summed E-state index contributed by atoms with van der Waals surface area (Å²) in [4.78, 5) is 48.9. The third-order valence-electron chi connectivity index (χ3n) is 4.67. The van der Waals surface area contributed by atoms with E-state index in [0.29, 0.717) is 0 Å². The van der Waals surface area contributed by atoms with E-state index in [9.17, 15) is 34.5 Å². The molecular weight excluding hydrogens is 384 g/mol. The number of ether oxygens (including phenoxy) is 2. The van der Waals surface area contributed by atoms with Gasteiger partial charge in [0.15, 0.2) is 5.78 Å². The molecule has 0 aromatic heterocycles. The van der Waals surface area contributed by atoms with Crippen molar-refractivity contribution >= 4 is 23.5 Å². The van der Waals surface area contributed by atoms with Crippen LogP contribution in [0.15, 0.2) is 18.2 Å². The highest BCUT2D eigenvalue weighted by molar-refractivity contribution is 6.31. The molecule has 9 nitrogen and oxygen atoms in total. The third-order valence-corrected chi connectivity index (χ3v) is 4.67. The third kappa shape index (κ3) is 3.16. The van der Waals surface area contributed by atoms with Gasteiger partial charge in [0.1, 0.15) is 17.2 Å². The van der Waals surface area contributed by atoms with Crippen molar-refractivity contribution < 1.29 is 44.0 Å². The van der Waals surface area contributed by atoms with Crippen molar-refractivity contribution in [3.8, 4) is 17.2 Å². The Labute approximate surface area is 164 Å². The van der Waals surface area contributed by atoms with E-state index in [2.05, 4.69) is 9.47 Å². The zero-order valence-electron chi connectivity index (χ0n) is 15.4. The molecule has 0 aliphatic heterocycles. The number of benzene rings is 2. The van der Waals surface area contributed by atoms with E-state index in [1.54, 1.807) is 0 Å². The average Bonchev–Trinajstić information content (AvgIpc) is 2.69. The van der Waals surface area contributed by atoms with Crippen molar-refractivity contribution in [3.63, 3.8) is 0 Å². The number of phenols is 3. The predicted molar refractivity (Wildman–Crippen MR) is 96.2 cm³/mol. The minimum Gasteiger partial charge on any atom is -0.507 e. The number of rotatable bonds is 4. The van der Waals surface area contributed by atoms with E-state index >= 15 is 0 Å². The van der Waals surface area contributed by atoms with Crippen LogP contribution >= 0.6 is 0 Å². The Morgan fingerprint density at radius 2 is 1.34 bits per heavy atom. The number of esters is 2. The van der Waals surface area contributed by atoms with Crippen molar-refractivity contribution in [2.24, 2.45) is 0 Å². The quantitative estimate of drug-likeness (QED) is 0.431. The first-order valence-corrected chi connectivity index (χ1v) is 8.36. The van der Waals surface area contributed by atoms with Gasteiger partial charge in [0, 0.05) is 16.7 Å². The summed E-state index contributed by atoms with van der Waals surface area (Å²) in [6, 6.07) is 3.51. The second-order valence-electron chi connectivity index (χ2n) is 6.31. The molecule has 1 aliphatic rings. The molecule has 0 heterocycles. The van der Waals surface area contributed by atoms with Gasteiger partial charge in [-0.1, -0.05) is 6.07 Å². The highest BCUT2D eigenvalue weighted by Gasteiger charge is 2.38. The fraction of sp³-hybridized carbons (Fsp3) is 0.200. The summed E-state index contributed by atoms with van der Waals surface area (Å²) < 4.78 is 9.05. The maximum Gasteiger partial charge on any atom is 0.310 e. The Hall–Kier alpha value is -3.88. The Kier molecular flexibility index (Phi) is 4.98. The lowest BCUT2D eigenvalue weighted by Crippen LogP contribution is -2.23. The van der Waals surface area contributed by atoms with Gasteiger partial charge in [-0.25, -0.2) is 0 Å². The first-order chi connectivity index (χ1) is 13.7. The summed E-state index contributed by atoms with van der Waals surface area (Å²) >= 11 is 0. The number of methoxy groups -OCH3 is 2. The molecular formula is C20H16O9. The molecule has 0 unspecified atom stereocenters. The zero-order chi connectivity index (χ0) is 21.5. The van der Waals surface area contributed by atoms with E-state index in [0.717, 1.165) is 20.3 Å². The minimum atomic E-state index is -0.906. The summed E-state index contributed by atoms with van der Waals surface area (Å²) in [6.07, 6.45) is -0.764. The molecule has 2 aromatic carbocycles. The lowest BCUT2D eigenvalue weighted by atomic mass is 9.80. The van der Waals surface area contributed by atoms with E-state index in [1.165, 1.54) is 12.1 Å². The first-order valence-electron chi connectivity index (χ1n) is 8.36. The predicted octanol–water partition coefficient (Wildman–Crippen LogP) is 1.01. The monoisotopic (exact) mass is 400 g/mol. The van der Waals surface area contributed by atoms with Gasteiger partial charge in [0.05, 0.1) is 43.8 Å². The summed E-state index contributed by atoms with van der Waals surface area (Å²) in [5.41, 5.74) is -1.60. The summed E-state index contributed by atoms with van der Waals surface area (Å²) in [7, 11) is 2.30. The molecule has 0 saturated heterocycles. The van der Waals surface area contributed by atoms with Gasteiger partial charge in [0.2, 0.25) is 5.78 Å². The van der Waals surface area contributed by atoms with Gasteiger partial charge < -0.3 is 24.8 Å². The van der Waals surface area contributed by atoms with Crippen LogP contribution in [-0.2, 0) is 31.9 Å². The molecule has 3 rings (SSSR count). The number of phenolic OH excluding ortho intramolecular Hbond substituents is 3. The van der Waals surface area contributed by atoms with Crippen LogP contribution in [0.25, 0.3) is 0 Å². The Bertz CT molecular complexity index is 1080. The number of fused-ring (bicyclic) bond motifs is 2. The van der Waals surface area contributed by atoms with Gasteiger partial charge in [0.25, 0.3) is 0 Å². The van der Waals surface area contributed by atoms with Crippen molar-refractivity contribution in [3.05, 3.63) is 51.6 Å². The van der Waals surface area contributed by atoms with Crippen LogP contribution in [0.5, 0.6) is 17.2 Å². The molecule has 0 bridgehead atoms. The van der Waals surface area contributed by atoms with Crippen molar-refractivity contribution in [2.45, 2.75) is 12.8 Å². The number of carbonyl (C=O) groups is 4. The van der Waals surface area contributed by atoms with Gasteiger partial charge >= 0.3 is 11.9 Å². The maximum absolute atomic E-state index is 13.0. The topological polar surface area (TPSA) is 147 Å². The first kappa shape index (κ1) is 19.9. The fourth-order valence-corrected chi connectivity index (χ4v) is 3.21. The Morgan fingerprint density at radius 3 is 1.93 bits per heavy atom. The SMILES string of the molecule is COC(=O)Cc1ccc2c(c1O)C(=O)c1c(O)cc(CC(=O)OC)c(O)c1C2=O. The lowest BCUT2D eigenvalue weighted by Gasteiger charge is -2.22. The second kappa shape index (κ2) is 7.27. The van der Waals surface area contributed by atoms with E-state index in [-0.39, 0.29) is 28.7 Å². The molecule has 0 fully saturated rings. The van der Waals surface area contributed by atoms with Crippen LogP contribution in [0, 0.1) is 0 Å². The normalized spacial score (nSPS) is 12.2. The van der Waals surface area contributed by atoms with Crippen LogP contribution in [0.1, 0.15) is 43.0 Å². The number of carbonyl (C=O) groups excluding carboxylic acids is 4. The molecule has 2 aromatic rings. The molecule has 0 atom stereocenters. The Balaban J connectivity index is 2.19. The molecule has 0 amide bonds. The molecule has 29 heavy (non-hydrogen) atoms. The minimum absolute atomic E-state index is 0.0613. The molecule has 1 aliphatic carbocycles. The van der Waals surface area contributed by atoms with E-state index < -0.39 is 58.3 Å². The number of hydrogen-bond acceptors (Lipinski definition) is 9. The smallest absolute Gasteiger partial charge is 0.310 e. The standard InChI is InChI=1S/C20H16O9/c1-28-12(22)6-8-3-4-10-14(17(8)24)20(27)15-11(21)5-9(7-13(23)29-2)18(25)16(15)19(10)26/h3-5,21,24-25H,6-7H2,1-2H3. The van der Waals surface area contributed by atoms with Gasteiger partial charge in [-0.05, 0) is 12.1 Å². The number of hydrogen-bond donors (Lipinski definition) is 3. The molecule has 0 spiro atoms. The van der Waals surface area contributed by atoms with E-state index in [4.69, 9.17) is 0 Å². The second-order valence-corrected chi connectivity index (χ2v) is 6.31. The number of ketones is 2. The maximum atomic E-state index is 13.0. The van der Waals surface area contributed by atoms with Crippen LogP contribution in [-0.4, -0.2) is 53.0 Å². The summed E-state index contributed by atoms with van der Waals surface area (Å²) in [5, 5.41) is 31.3. The van der Waals surface area contributed by atoms with Crippen molar-refractivity contribution in [2.75, 3.05) is 14.2 Å². The summed E-state index contributed by atoms with van der Waals surface area (Å²) in [5.74, 6) is -4.98. The van der Waals surface area contributed by atoms with E-state index in [1.807, 2.05) is 0 Å². The highest BCUT2D eigenvalue weighted by Crippen LogP contribution is 2.43. The number of aromatic hydroxyl groups is 3. The van der Waals surface area contributed by atoms with Crippen molar-refractivity contribution in [1.29, 1.82) is 0 Å². The highest BCUT2D eigenvalue weighted by atomic mass is 16.5. The average molecular weight is 400 g/mol. The van der Waals surface area contributed by atoms with Gasteiger partial charge in [-0.3, -0.25) is 19.2 Å². The Morgan fingerprint density at radius 1 is 0.793 bits per heavy atom. The van der Waals surface area contributed by atoms with Crippen LogP contribution in [0.2, 0.25) is 0 Å². The van der Waals surface area contributed by atoms with Crippen molar-refractivity contribution in [1.82, 2.24) is 0 Å². The molecule has 0 radical (unpaired) electrons. The molecule has 3 N–H and O–H groups in total. The van der Waals surface area contributed by atoms with Gasteiger partial charge in [-0.2, -0.15) is 0 Å². The van der Waals surface area contributed by atoms with Crippen LogP contribution in [0.3, 0.4) is 0 Å². The van der Waals surface area contributed by atoms with Gasteiger partial charge in [-0.15, -0.1) is 0 Å². The zero-order valence-corrected chi connectivity index (χ0v) is 15.4. The molecule has 0 saturated carbocycles. The lowest BCUT2D eigenvalue weighted by molar-refractivity contribution is -0.140. The fourth-order valence-electron chi connectivity index (χ4n) is 3.21. The molecule has 150 valence electrons. The molecule has 9 heteroatoms. The summed E-state index contributed by atoms with van der Waals surface area (Å²) in [6.45, 7) is 0. The van der Waals surface area contributed by atoms with Crippen LogP contribution < -0.4 is 0 Å². The van der Waals surface area contributed by atoms with Crippen LogP contribution in [0.4, 0.5) is 0 Å². The largest absolute Gasteiger partial charge is 0.507 e.